The summed E-state index contributed by atoms with van der Waals surface area (Å²) in [5, 5.41) is 3.29. The van der Waals surface area contributed by atoms with E-state index in [-0.39, 0.29) is 11.9 Å². The fourth-order valence-corrected chi connectivity index (χ4v) is 2.15. The molecule has 0 saturated heterocycles. The van der Waals surface area contributed by atoms with Crippen LogP contribution in [0.2, 0.25) is 0 Å². The number of aryl methyl sites for hydroxylation is 1. The second-order valence-electron chi connectivity index (χ2n) is 6.66. The first-order chi connectivity index (χ1) is 10.7. The largest absolute Gasteiger partial charge is 0.444 e. The van der Waals surface area contributed by atoms with E-state index in [1.807, 2.05) is 34.6 Å². The highest BCUT2D eigenvalue weighted by Crippen LogP contribution is 2.11. The van der Waals surface area contributed by atoms with Crippen LogP contribution < -0.4 is 5.32 Å². The van der Waals surface area contributed by atoms with E-state index in [9.17, 15) is 9.18 Å². The summed E-state index contributed by atoms with van der Waals surface area (Å²) in [7, 11) is 0. The smallest absolute Gasteiger partial charge is 0.410 e. The number of hydrogen-bond acceptors (Lipinski definition) is 3. The molecule has 1 N–H and O–H groups in total. The van der Waals surface area contributed by atoms with Gasteiger partial charge in [-0.15, -0.1) is 0 Å². The quantitative estimate of drug-likeness (QED) is 0.774. The van der Waals surface area contributed by atoms with Crippen LogP contribution in [0.25, 0.3) is 0 Å². The molecule has 0 atom stereocenters. The lowest BCUT2D eigenvalue weighted by Crippen LogP contribution is -2.38. The van der Waals surface area contributed by atoms with Gasteiger partial charge in [0, 0.05) is 19.6 Å². The van der Waals surface area contributed by atoms with Crippen LogP contribution in [0.15, 0.2) is 18.2 Å². The number of carbonyl (C=O) groups excluding carboxylic acids is 1. The van der Waals surface area contributed by atoms with Crippen LogP contribution in [0.3, 0.4) is 0 Å². The van der Waals surface area contributed by atoms with E-state index in [4.69, 9.17) is 4.74 Å². The normalized spacial score (nSPS) is 11.4. The molecule has 1 amide bonds. The summed E-state index contributed by atoms with van der Waals surface area (Å²) in [6, 6.07) is 4.81. The number of benzene rings is 1. The van der Waals surface area contributed by atoms with Gasteiger partial charge in [-0.2, -0.15) is 0 Å². The zero-order chi connectivity index (χ0) is 17.5. The summed E-state index contributed by atoms with van der Waals surface area (Å²) in [6.45, 7) is 12.1. The molecule has 1 rings (SSSR count). The van der Waals surface area contributed by atoms with Crippen LogP contribution in [0.4, 0.5) is 9.18 Å². The lowest BCUT2D eigenvalue weighted by atomic mass is 10.1. The fraction of sp³-hybridized carbons (Fsp3) is 0.611. The standard InChI is InChI=1S/C18H29FN2O2/c1-6-21(17(22)23-18(3,4)5)11-7-10-20-13-15-12-16(19)9-8-14(15)2/h8-9,12,20H,6-7,10-11,13H2,1-5H3. The molecule has 130 valence electrons. The number of amides is 1. The van der Waals surface area contributed by atoms with Gasteiger partial charge in [0.2, 0.25) is 0 Å². The van der Waals surface area contributed by atoms with Crippen molar-refractivity contribution in [2.45, 2.75) is 53.2 Å². The highest BCUT2D eigenvalue weighted by Gasteiger charge is 2.20. The third-order valence-corrected chi connectivity index (χ3v) is 3.44. The predicted octanol–water partition coefficient (Wildman–Crippen LogP) is 3.87. The number of nitrogens with one attached hydrogen (secondary N) is 1. The molecular weight excluding hydrogens is 295 g/mol. The Morgan fingerprint density at radius 1 is 1.35 bits per heavy atom. The van der Waals surface area contributed by atoms with Crippen molar-refractivity contribution in [3.8, 4) is 0 Å². The molecule has 0 aliphatic rings. The van der Waals surface area contributed by atoms with Gasteiger partial charge in [-0.3, -0.25) is 0 Å². The molecule has 0 heterocycles. The molecule has 23 heavy (non-hydrogen) atoms. The molecule has 1 aromatic rings. The third kappa shape index (κ3) is 7.46. The number of hydrogen-bond donors (Lipinski definition) is 1. The summed E-state index contributed by atoms with van der Waals surface area (Å²) < 4.78 is 18.6. The molecule has 0 spiro atoms. The number of halogens is 1. The fourth-order valence-electron chi connectivity index (χ4n) is 2.15. The highest BCUT2D eigenvalue weighted by molar-refractivity contribution is 5.68. The van der Waals surface area contributed by atoms with Crippen molar-refractivity contribution in [1.29, 1.82) is 0 Å². The van der Waals surface area contributed by atoms with E-state index in [0.29, 0.717) is 19.6 Å². The van der Waals surface area contributed by atoms with Gasteiger partial charge < -0.3 is 15.0 Å². The highest BCUT2D eigenvalue weighted by atomic mass is 19.1. The van der Waals surface area contributed by atoms with Gasteiger partial charge >= 0.3 is 6.09 Å². The third-order valence-electron chi connectivity index (χ3n) is 3.44. The molecule has 5 heteroatoms. The van der Waals surface area contributed by atoms with E-state index in [1.165, 1.54) is 6.07 Å². The molecule has 0 fully saturated rings. The van der Waals surface area contributed by atoms with Crippen molar-refractivity contribution in [3.05, 3.63) is 35.1 Å². The van der Waals surface area contributed by atoms with E-state index >= 15 is 0 Å². The SMILES string of the molecule is CCN(CCCNCc1cc(F)ccc1C)C(=O)OC(C)(C)C. The average molecular weight is 324 g/mol. The average Bonchev–Trinajstić information content (AvgIpc) is 2.44. The van der Waals surface area contributed by atoms with Crippen LogP contribution in [0, 0.1) is 12.7 Å². The molecule has 0 bridgehead atoms. The summed E-state index contributed by atoms with van der Waals surface area (Å²) in [5.41, 5.74) is 1.56. The molecule has 0 aliphatic heterocycles. The first kappa shape index (κ1) is 19.4. The maximum absolute atomic E-state index is 13.2. The Kier molecular flexibility index (Phi) is 7.49. The molecule has 4 nitrogen and oxygen atoms in total. The van der Waals surface area contributed by atoms with Crippen LogP contribution in [-0.4, -0.2) is 36.2 Å². The lowest BCUT2D eigenvalue weighted by molar-refractivity contribution is 0.0258. The molecule has 0 aromatic heterocycles. The van der Waals surface area contributed by atoms with Gasteiger partial charge in [-0.05, 0) is 70.8 Å². The molecule has 0 unspecified atom stereocenters. The Morgan fingerprint density at radius 2 is 2.04 bits per heavy atom. The minimum Gasteiger partial charge on any atom is -0.444 e. The van der Waals surface area contributed by atoms with E-state index in [0.717, 1.165) is 24.1 Å². The number of carbonyl (C=O) groups is 1. The lowest BCUT2D eigenvalue weighted by Gasteiger charge is -2.26. The monoisotopic (exact) mass is 324 g/mol. The van der Waals surface area contributed by atoms with Crippen molar-refractivity contribution >= 4 is 6.09 Å². The summed E-state index contributed by atoms with van der Waals surface area (Å²) in [5.74, 6) is -0.213. The summed E-state index contributed by atoms with van der Waals surface area (Å²) in [4.78, 5) is 13.7. The second-order valence-corrected chi connectivity index (χ2v) is 6.66. The molecule has 1 aromatic carbocycles. The van der Waals surface area contributed by atoms with Gasteiger partial charge in [-0.25, -0.2) is 9.18 Å². The number of ether oxygens (including phenoxy) is 1. The van der Waals surface area contributed by atoms with E-state index < -0.39 is 5.60 Å². The molecule has 0 aliphatic carbocycles. The summed E-state index contributed by atoms with van der Waals surface area (Å²) >= 11 is 0. The Morgan fingerprint density at radius 3 is 2.65 bits per heavy atom. The Balaban J connectivity index is 2.32. The molecule has 0 saturated carbocycles. The number of nitrogens with zero attached hydrogens (tertiary/aromatic N) is 1. The van der Waals surface area contributed by atoms with Gasteiger partial charge in [0.1, 0.15) is 11.4 Å². The first-order valence-corrected chi connectivity index (χ1v) is 8.16. The first-order valence-electron chi connectivity index (χ1n) is 8.16. The predicted molar refractivity (Wildman–Crippen MR) is 90.9 cm³/mol. The maximum atomic E-state index is 13.2. The van der Waals surface area contributed by atoms with Gasteiger partial charge in [0.05, 0.1) is 0 Å². The minimum atomic E-state index is -0.475. The Labute approximate surface area is 139 Å². The van der Waals surface area contributed by atoms with Crippen LogP contribution in [0.1, 0.15) is 45.2 Å². The van der Waals surface area contributed by atoms with Crippen molar-refractivity contribution < 1.29 is 13.9 Å². The van der Waals surface area contributed by atoms with Gasteiger partial charge in [-0.1, -0.05) is 6.07 Å². The second kappa shape index (κ2) is 8.87. The van der Waals surface area contributed by atoms with Crippen LogP contribution >= 0.6 is 0 Å². The molecular formula is C18H29FN2O2. The Hall–Kier alpha value is -1.62. The van der Waals surface area contributed by atoms with Crippen molar-refractivity contribution in [1.82, 2.24) is 10.2 Å². The van der Waals surface area contributed by atoms with Crippen LogP contribution in [0.5, 0.6) is 0 Å². The van der Waals surface area contributed by atoms with E-state index in [1.54, 1.807) is 17.0 Å². The topological polar surface area (TPSA) is 41.6 Å². The van der Waals surface area contributed by atoms with Crippen LogP contribution in [-0.2, 0) is 11.3 Å². The maximum Gasteiger partial charge on any atom is 0.410 e. The summed E-state index contributed by atoms with van der Waals surface area (Å²) in [6.07, 6.45) is 0.544. The van der Waals surface area contributed by atoms with Gasteiger partial charge in [0.25, 0.3) is 0 Å². The number of rotatable bonds is 7. The zero-order valence-corrected chi connectivity index (χ0v) is 14.9. The Bertz CT molecular complexity index is 512. The minimum absolute atomic E-state index is 0.213. The zero-order valence-electron chi connectivity index (χ0n) is 14.9. The molecule has 0 radical (unpaired) electrons. The van der Waals surface area contributed by atoms with E-state index in [2.05, 4.69) is 5.32 Å². The van der Waals surface area contributed by atoms with Gasteiger partial charge in [0.15, 0.2) is 0 Å². The van der Waals surface area contributed by atoms with Crippen molar-refractivity contribution in [2.75, 3.05) is 19.6 Å². The van der Waals surface area contributed by atoms with Crippen molar-refractivity contribution in [2.24, 2.45) is 0 Å². The van der Waals surface area contributed by atoms with Crippen molar-refractivity contribution in [3.63, 3.8) is 0 Å².